The number of hydrogen-bond donors (Lipinski definition) is 0. The lowest BCUT2D eigenvalue weighted by molar-refractivity contribution is 0.161. The molecule has 19 heavy (non-hydrogen) atoms. The van der Waals surface area contributed by atoms with Crippen LogP contribution in [0.2, 0.25) is 0 Å². The molecule has 1 saturated carbocycles. The quantitative estimate of drug-likeness (QED) is 0.774. The molecule has 1 unspecified atom stereocenters. The van der Waals surface area contributed by atoms with Crippen LogP contribution in [0.5, 0.6) is 0 Å². The zero-order chi connectivity index (χ0) is 12.9. The first-order valence-electron chi connectivity index (χ1n) is 7.87. The van der Waals surface area contributed by atoms with Gasteiger partial charge in [-0.2, -0.15) is 0 Å². The van der Waals surface area contributed by atoms with E-state index in [0.717, 1.165) is 12.4 Å². The van der Waals surface area contributed by atoms with E-state index in [1.54, 1.807) is 0 Å². The second-order valence-electron chi connectivity index (χ2n) is 6.88. The van der Waals surface area contributed by atoms with Crippen molar-refractivity contribution >= 4 is 5.95 Å². The van der Waals surface area contributed by atoms with Gasteiger partial charge in [0.25, 0.3) is 0 Å². The molecule has 2 fully saturated rings. The fourth-order valence-corrected chi connectivity index (χ4v) is 4.23. The van der Waals surface area contributed by atoms with E-state index >= 15 is 0 Å². The number of fused-ring (bicyclic) bond motifs is 1. The molecule has 3 aliphatic rings. The highest BCUT2D eigenvalue weighted by Gasteiger charge is 2.46. The number of aryl methyl sites for hydroxylation is 2. The van der Waals surface area contributed by atoms with E-state index in [9.17, 15) is 0 Å². The monoisotopic (exact) mass is 257 g/mol. The van der Waals surface area contributed by atoms with Gasteiger partial charge in [0.05, 0.1) is 0 Å². The highest BCUT2D eigenvalue weighted by Crippen LogP contribution is 2.50. The molecule has 0 radical (unpaired) electrons. The van der Waals surface area contributed by atoms with Gasteiger partial charge in [0, 0.05) is 24.5 Å². The van der Waals surface area contributed by atoms with E-state index in [1.807, 2.05) is 0 Å². The first-order chi connectivity index (χ1) is 9.26. The van der Waals surface area contributed by atoms with Crippen LogP contribution in [-0.4, -0.2) is 22.6 Å². The largest absolute Gasteiger partial charge is 0.338 e. The fraction of sp³-hybridized carbons (Fsp3) is 0.750. The maximum atomic E-state index is 4.88. The van der Waals surface area contributed by atoms with E-state index in [-0.39, 0.29) is 0 Å². The van der Waals surface area contributed by atoms with E-state index < -0.39 is 0 Å². The highest BCUT2D eigenvalue weighted by atomic mass is 15.3. The molecule has 1 aromatic rings. The molecule has 4 rings (SSSR count). The topological polar surface area (TPSA) is 29.0 Å². The van der Waals surface area contributed by atoms with Crippen molar-refractivity contribution in [1.29, 1.82) is 0 Å². The Morgan fingerprint density at radius 2 is 2.05 bits per heavy atom. The molecule has 3 heteroatoms. The minimum absolute atomic E-state index is 0.610. The lowest BCUT2D eigenvalue weighted by atomic mass is 9.68. The van der Waals surface area contributed by atoms with E-state index in [0.29, 0.717) is 11.5 Å². The summed E-state index contributed by atoms with van der Waals surface area (Å²) in [5.74, 6) is 0.997. The predicted octanol–water partition coefficient (Wildman–Crippen LogP) is 3.12. The smallest absolute Gasteiger partial charge is 0.225 e. The van der Waals surface area contributed by atoms with Gasteiger partial charge in [0.2, 0.25) is 5.95 Å². The van der Waals surface area contributed by atoms with Crippen molar-refractivity contribution in [2.24, 2.45) is 5.41 Å². The van der Waals surface area contributed by atoms with Gasteiger partial charge < -0.3 is 4.90 Å². The van der Waals surface area contributed by atoms with Gasteiger partial charge in [-0.15, -0.1) is 0 Å². The van der Waals surface area contributed by atoms with Gasteiger partial charge in [-0.1, -0.05) is 6.42 Å². The molecule has 0 amide bonds. The molecular formula is C16H23N3. The Labute approximate surface area is 115 Å². The molecular weight excluding hydrogens is 234 g/mol. The molecule has 0 bridgehead atoms. The molecule has 1 spiro atoms. The van der Waals surface area contributed by atoms with Crippen LogP contribution in [0, 0.1) is 5.41 Å². The van der Waals surface area contributed by atoms with Crippen molar-refractivity contribution in [3.63, 3.8) is 0 Å². The van der Waals surface area contributed by atoms with Crippen molar-refractivity contribution in [3.05, 3.63) is 17.5 Å². The standard InChI is InChI=1S/C16H23N3/c1-12-9-16(7-4-8-16)11-19(12)15-17-10-13-5-2-3-6-14(13)18-15/h10,12H,2-9,11H2,1H3. The first kappa shape index (κ1) is 11.7. The summed E-state index contributed by atoms with van der Waals surface area (Å²) in [6.45, 7) is 3.53. The fourth-order valence-electron chi connectivity index (χ4n) is 4.23. The lowest BCUT2D eigenvalue weighted by Gasteiger charge is -2.38. The Bertz CT molecular complexity index is 493. The van der Waals surface area contributed by atoms with Crippen LogP contribution >= 0.6 is 0 Å². The summed E-state index contributed by atoms with van der Waals surface area (Å²) in [4.78, 5) is 12.0. The second-order valence-corrected chi connectivity index (χ2v) is 6.88. The average molecular weight is 257 g/mol. The molecule has 102 valence electrons. The van der Waals surface area contributed by atoms with Crippen LogP contribution in [0.3, 0.4) is 0 Å². The second kappa shape index (κ2) is 4.19. The van der Waals surface area contributed by atoms with Crippen LogP contribution < -0.4 is 4.90 Å². The van der Waals surface area contributed by atoms with Crippen molar-refractivity contribution in [1.82, 2.24) is 9.97 Å². The van der Waals surface area contributed by atoms with Crippen molar-refractivity contribution in [2.75, 3.05) is 11.4 Å². The Hall–Kier alpha value is -1.12. The summed E-state index contributed by atoms with van der Waals surface area (Å²) in [6.07, 6.45) is 12.6. The van der Waals surface area contributed by atoms with Crippen molar-refractivity contribution < 1.29 is 0 Å². The van der Waals surface area contributed by atoms with Gasteiger partial charge >= 0.3 is 0 Å². The van der Waals surface area contributed by atoms with E-state index in [4.69, 9.17) is 4.98 Å². The maximum Gasteiger partial charge on any atom is 0.225 e. The van der Waals surface area contributed by atoms with Crippen molar-refractivity contribution in [2.45, 2.75) is 64.3 Å². The minimum Gasteiger partial charge on any atom is -0.338 e. The first-order valence-corrected chi connectivity index (χ1v) is 7.87. The van der Waals surface area contributed by atoms with Crippen LogP contribution in [0.15, 0.2) is 6.20 Å². The summed E-state index contributed by atoms with van der Waals surface area (Å²) in [7, 11) is 0. The summed E-state index contributed by atoms with van der Waals surface area (Å²) >= 11 is 0. The predicted molar refractivity (Wildman–Crippen MR) is 76.4 cm³/mol. The zero-order valence-electron chi connectivity index (χ0n) is 11.9. The number of rotatable bonds is 1. The summed E-state index contributed by atoms with van der Waals surface area (Å²) in [5, 5.41) is 0. The highest BCUT2D eigenvalue weighted by molar-refractivity contribution is 5.38. The number of nitrogens with zero attached hydrogens (tertiary/aromatic N) is 3. The molecule has 1 atom stereocenters. The third kappa shape index (κ3) is 1.86. The Kier molecular flexibility index (Phi) is 2.58. The molecule has 0 aromatic carbocycles. The van der Waals surface area contributed by atoms with E-state index in [2.05, 4.69) is 23.0 Å². The summed E-state index contributed by atoms with van der Waals surface area (Å²) in [6, 6.07) is 0.613. The summed E-state index contributed by atoms with van der Waals surface area (Å²) in [5.41, 5.74) is 3.32. The Balaban J connectivity index is 1.62. The third-order valence-electron chi connectivity index (χ3n) is 5.49. The Morgan fingerprint density at radius 1 is 1.21 bits per heavy atom. The maximum absolute atomic E-state index is 4.88. The van der Waals surface area contributed by atoms with Crippen LogP contribution in [-0.2, 0) is 12.8 Å². The number of aromatic nitrogens is 2. The minimum atomic E-state index is 0.610. The molecule has 1 aromatic heterocycles. The van der Waals surface area contributed by atoms with Gasteiger partial charge in [-0.05, 0) is 62.8 Å². The third-order valence-corrected chi connectivity index (χ3v) is 5.49. The average Bonchev–Trinajstić information content (AvgIpc) is 2.76. The van der Waals surface area contributed by atoms with Crippen LogP contribution in [0.1, 0.15) is 56.7 Å². The van der Waals surface area contributed by atoms with Gasteiger partial charge in [-0.25, -0.2) is 9.97 Å². The summed E-state index contributed by atoms with van der Waals surface area (Å²) < 4.78 is 0. The van der Waals surface area contributed by atoms with Gasteiger partial charge in [0.15, 0.2) is 0 Å². The number of hydrogen-bond acceptors (Lipinski definition) is 3. The molecule has 1 saturated heterocycles. The van der Waals surface area contributed by atoms with E-state index in [1.165, 1.54) is 62.7 Å². The van der Waals surface area contributed by atoms with Gasteiger partial charge in [0.1, 0.15) is 0 Å². The molecule has 2 heterocycles. The number of anilines is 1. The zero-order valence-corrected chi connectivity index (χ0v) is 11.9. The van der Waals surface area contributed by atoms with Gasteiger partial charge in [-0.3, -0.25) is 0 Å². The SMILES string of the molecule is CC1CC2(CCC2)CN1c1ncc2c(n1)CCCC2. The molecule has 1 aliphatic heterocycles. The van der Waals surface area contributed by atoms with Crippen LogP contribution in [0.4, 0.5) is 5.95 Å². The van der Waals surface area contributed by atoms with Crippen molar-refractivity contribution in [3.8, 4) is 0 Å². The Morgan fingerprint density at radius 3 is 2.79 bits per heavy atom. The molecule has 3 nitrogen and oxygen atoms in total. The molecule has 2 aliphatic carbocycles. The lowest BCUT2D eigenvalue weighted by Crippen LogP contribution is -2.34. The normalized spacial score (nSPS) is 28.3. The molecule has 0 N–H and O–H groups in total. The van der Waals surface area contributed by atoms with Crippen LogP contribution in [0.25, 0.3) is 0 Å².